The predicted molar refractivity (Wildman–Crippen MR) is 102 cm³/mol. The molecule has 25 heavy (non-hydrogen) atoms. The van der Waals surface area contributed by atoms with Crippen LogP contribution >= 0.6 is 11.6 Å². The summed E-state index contributed by atoms with van der Waals surface area (Å²) in [7, 11) is 5.76. The molecule has 1 unspecified atom stereocenters. The molecule has 0 saturated carbocycles. The molecule has 4 nitrogen and oxygen atoms in total. The zero-order valence-electron chi connectivity index (χ0n) is 15.0. The van der Waals surface area contributed by atoms with Crippen molar-refractivity contribution in [3.05, 3.63) is 58.1 Å². The molecule has 0 amide bonds. The molecule has 0 bridgehead atoms. The Morgan fingerprint density at radius 3 is 2.60 bits per heavy atom. The Labute approximate surface area is 154 Å². The summed E-state index contributed by atoms with van der Waals surface area (Å²) in [5, 5.41) is 4.35. The van der Waals surface area contributed by atoms with Gasteiger partial charge in [0.1, 0.15) is 6.61 Å². The van der Waals surface area contributed by atoms with Crippen molar-refractivity contribution in [2.75, 3.05) is 40.9 Å². The number of fused-ring (bicyclic) bond motifs is 1. The molecule has 1 atom stereocenters. The van der Waals surface area contributed by atoms with E-state index in [0.717, 1.165) is 36.0 Å². The van der Waals surface area contributed by atoms with Crippen LogP contribution in [0.2, 0.25) is 5.02 Å². The molecule has 2 aromatic carbocycles. The first kappa shape index (κ1) is 18.1. The smallest absolute Gasteiger partial charge is 0.161 e. The Kier molecular flexibility index (Phi) is 5.84. The van der Waals surface area contributed by atoms with Crippen molar-refractivity contribution >= 4 is 11.6 Å². The molecule has 1 heterocycles. The van der Waals surface area contributed by atoms with E-state index in [4.69, 9.17) is 21.1 Å². The number of rotatable bonds is 6. The maximum absolute atomic E-state index is 6.04. The van der Waals surface area contributed by atoms with Gasteiger partial charge in [0.25, 0.3) is 0 Å². The summed E-state index contributed by atoms with van der Waals surface area (Å²) < 4.78 is 11.5. The third-order valence-corrected chi connectivity index (χ3v) is 4.73. The van der Waals surface area contributed by atoms with E-state index in [1.54, 1.807) is 7.11 Å². The van der Waals surface area contributed by atoms with Crippen LogP contribution in [0.3, 0.4) is 0 Å². The van der Waals surface area contributed by atoms with Crippen LogP contribution in [0.25, 0.3) is 0 Å². The minimum absolute atomic E-state index is 0.142. The number of hydrogen-bond donors (Lipinski definition) is 1. The molecule has 0 aliphatic carbocycles. The maximum Gasteiger partial charge on any atom is 0.161 e. The summed E-state index contributed by atoms with van der Waals surface area (Å²) in [6.45, 7) is 2.42. The maximum atomic E-state index is 6.04. The Balaban J connectivity index is 1.92. The van der Waals surface area contributed by atoms with E-state index in [1.807, 2.05) is 26.2 Å². The first-order chi connectivity index (χ1) is 12.1. The van der Waals surface area contributed by atoms with Gasteiger partial charge in [-0.15, -0.1) is 0 Å². The van der Waals surface area contributed by atoms with Crippen molar-refractivity contribution in [1.29, 1.82) is 0 Å². The van der Waals surface area contributed by atoms with Crippen molar-refractivity contribution < 1.29 is 9.47 Å². The van der Waals surface area contributed by atoms with E-state index in [9.17, 15) is 0 Å². The average Bonchev–Trinajstić information content (AvgIpc) is 2.61. The fourth-order valence-electron chi connectivity index (χ4n) is 3.13. The van der Waals surface area contributed by atoms with Crippen LogP contribution in [-0.2, 0) is 6.42 Å². The highest BCUT2D eigenvalue weighted by molar-refractivity contribution is 6.30. The summed E-state index contributed by atoms with van der Waals surface area (Å²) in [4.78, 5) is 2.10. The molecule has 0 radical (unpaired) electrons. The van der Waals surface area contributed by atoms with Crippen LogP contribution < -0.4 is 14.8 Å². The lowest BCUT2D eigenvalue weighted by Crippen LogP contribution is -2.30. The zero-order chi connectivity index (χ0) is 17.8. The van der Waals surface area contributed by atoms with Gasteiger partial charge in [-0.1, -0.05) is 23.7 Å². The van der Waals surface area contributed by atoms with Gasteiger partial charge in [-0.2, -0.15) is 0 Å². The first-order valence-electron chi connectivity index (χ1n) is 8.55. The molecule has 5 heteroatoms. The largest absolute Gasteiger partial charge is 0.493 e. The molecule has 0 aromatic heterocycles. The third-order valence-electron chi connectivity index (χ3n) is 4.48. The zero-order valence-corrected chi connectivity index (χ0v) is 15.8. The second kappa shape index (κ2) is 8.09. The molecular weight excluding hydrogens is 336 g/mol. The van der Waals surface area contributed by atoms with Gasteiger partial charge in [0, 0.05) is 18.1 Å². The van der Waals surface area contributed by atoms with Crippen LogP contribution in [-0.4, -0.2) is 45.8 Å². The Morgan fingerprint density at radius 2 is 1.92 bits per heavy atom. The van der Waals surface area contributed by atoms with E-state index in [2.05, 4.69) is 34.5 Å². The lowest BCUT2D eigenvalue weighted by atomic mass is 9.89. The Morgan fingerprint density at radius 1 is 1.16 bits per heavy atom. The van der Waals surface area contributed by atoms with Crippen LogP contribution in [0.5, 0.6) is 11.5 Å². The number of halogens is 1. The SMILES string of the molecule is COc1cc2c(cc1OCCN(C)C)C(c1ccc(Cl)cc1)NCC2. The number of benzene rings is 2. The molecule has 3 rings (SSSR count). The minimum atomic E-state index is 0.142. The summed E-state index contributed by atoms with van der Waals surface area (Å²) >= 11 is 6.04. The van der Waals surface area contributed by atoms with Crippen LogP contribution in [0, 0.1) is 0 Å². The summed E-state index contributed by atoms with van der Waals surface area (Å²) in [6, 6.07) is 12.4. The fraction of sp³-hybridized carbons (Fsp3) is 0.400. The number of nitrogens with one attached hydrogen (secondary N) is 1. The normalized spacial score (nSPS) is 16.6. The summed E-state index contributed by atoms with van der Waals surface area (Å²) in [5.41, 5.74) is 3.75. The molecule has 0 saturated heterocycles. The van der Waals surface area contributed by atoms with Crippen molar-refractivity contribution in [2.24, 2.45) is 0 Å². The molecule has 134 valence electrons. The summed E-state index contributed by atoms with van der Waals surface area (Å²) in [5.74, 6) is 1.60. The van der Waals surface area contributed by atoms with E-state index in [1.165, 1.54) is 16.7 Å². The number of nitrogens with zero attached hydrogens (tertiary/aromatic N) is 1. The van der Waals surface area contributed by atoms with Crippen molar-refractivity contribution in [3.63, 3.8) is 0 Å². The van der Waals surface area contributed by atoms with Gasteiger partial charge in [-0.3, -0.25) is 0 Å². The van der Waals surface area contributed by atoms with E-state index >= 15 is 0 Å². The molecule has 0 spiro atoms. The van der Waals surface area contributed by atoms with Crippen LogP contribution in [0.15, 0.2) is 36.4 Å². The standard InChI is InChI=1S/C20H25ClN2O2/c1-23(2)10-11-25-19-13-17-15(12-18(19)24-3)8-9-22-20(17)14-4-6-16(21)7-5-14/h4-7,12-13,20,22H,8-11H2,1-3H3. The van der Waals surface area contributed by atoms with Gasteiger partial charge in [-0.05, 0) is 61.5 Å². The Bertz CT molecular complexity index is 716. The Hall–Kier alpha value is -1.75. The first-order valence-corrected chi connectivity index (χ1v) is 8.93. The number of likely N-dealkylation sites (N-methyl/N-ethyl adjacent to an activating group) is 1. The predicted octanol–water partition coefficient (Wildman–Crippen LogP) is 3.52. The molecule has 0 fully saturated rings. The second-order valence-corrected chi connectivity index (χ2v) is 6.98. The summed E-state index contributed by atoms with van der Waals surface area (Å²) in [6.07, 6.45) is 0.980. The van der Waals surface area contributed by atoms with Crippen molar-refractivity contribution in [3.8, 4) is 11.5 Å². The third kappa shape index (κ3) is 4.27. The lowest BCUT2D eigenvalue weighted by Gasteiger charge is -2.29. The van der Waals surface area contributed by atoms with Gasteiger partial charge in [0.15, 0.2) is 11.5 Å². The van der Waals surface area contributed by atoms with Crippen LogP contribution in [0.1, 0.15) is 22.7 Å². The quantitative estimate of drug-likeness (QED) is 0.854. The van der Waals surface area contributed by atoms with E-state index < -0.39 is 0 Å². The molecule has 2 aromatic rings. The lowest BCUT2D eigenvalue weighted by molar-refractivity contribution is 0.250. The number of methoxy groups -OCH3 is 1. The highest BCUT2D eigenvalue weighted by atomic mass is 35.5. The number of ether oxygens (including phenoxy) is 2. The van der Waals surface area contributed by atoms with Gasteiger partial charge >= 0.3 is 0 Å². The second-order valence-electron chi connectivity index (χ2n) is 6.54. The average molecular weight is 361 g/mol. The fourth-order valence-corrected chi connectivity index (χ4v) is 3.25. The van der Waals surface area contributed by atoms with Gasteiger partial charge in [0.05, 0.1) is 13.2 Å². The van der Waals surface area contributed by atoms with Gasteiger partial charge in [-0.25, -0.2) is 0 Å². The molecule has 1 N–H and O–H groups in total. The van der Waals surface area contributed by atoms with E-state index in [-0.39, 0.29) is 6.04 Å². The van der Waals surface area contributed by atoms with E-state index in [0.29, 0.717) is 6.61 Å². The minimum Gasteiger partial charge on any atom is -0.493 e. The molecule has 1 aliphatic heterocycles. The van der Waals surface area contributed by atoms with Gasteiger partial charge in [0.2, 0.25) is 0 Å². The van der Waals surface area contributed by atoms with Crippen molar-refractivity contribution in [1.82, 2.24) is 10.2 Å². The highest BCUT2D eigenvalue weighted by Crippen LogP contribution is 2.37. The highest BCUT2D eigenvalue weighted by Gasteiger charge is 2.24. The van der Waals surface area contributed by atoms with Gasteiger partial charge < -0.3 is 19.7 Å². The van der Waals surface area contributed by atoms with Crippen LogP contribution in [0.4, 0.5) is 0 Å². The molecular formula is C20H25ClN2O2. The topological polar surface area (TPSA) is 33.7 Å². The number of hydrogen-bond acceptors (Lipinski definition) is 4. The van der Waals surface area contributed by atoms with Crippen molar-refractivity contribution in [2.45, 2.75) is 12.5 Å². The monoisotopic (exact) mass is 360 g/mol. The molecule has 1 aliphatic rings.